The van der Waals surface area contributed by atoms with Gasteiger partial charge in [0.2, 0.25) is 0 Å². The van der Waals surface area contributed by atoms with Gasteiger partial charge in [0.1, 0.15) is 4.83 Å². The summed E-state index contributed by atoms with van der Waals surface area (Å²) in [4.78, 5) is 36.6. The molecule has 0 fully saturated rings. The number of hydrogen-bond acceptors (Lipinski definition) is 6. The van der Waals surface area contributed by atoms with E-state index in [1.54, 1.807) is 17.8 Å². The SMILES string of the molecule is Cc1nc(NC(=O)c2sc3ncn(Cc4ccccc4)c(=O)c3c2C)sc1C. The van der Waals surface area contributed by atoms with E-state index in [2.05, 4.69) is 15.3 Å². The summed E-state index contributed by atoms with van der Waals surface area (Å²) < 4.78 is 1.58. The van der Waals surface area contributed by atoms with Gasteiger partial charge in [-0.05, 0) is 31.9 Å². The maximum Gasteiger partial charge on any atom is 0.267 e. The molecule has 0 aliphatic carbocycles. The Morgan fingerprint density at radius 1 is 1.14 bits per heavy atom. The molecule has 1 aromatic carbocycles. The molecule has 0 aliphatic heterocycles. The molecule has 0 bridgehead atoms. The summed E-state index contributed by atoms with van der Waals surface area (Å²) >= 11 is 2.67. The van der Waals surface area contributed by atoms with Gasteiger partial charge in [0.15, 0.2) is 5.13 Å². The molecule has 142 valence electrons. The summed E-state index contributed by atoms with van der Waals surface area (Å²) in [5, 5.41) is 3.90. The number of anilines is 1. The molecule has 4 aromatic rings. The molecular weight excluding hydrogens is 392 g/mol. The van der Waals surface area contributed by atoms with E-state index in [-0.39, 0.29) is 11.5 Å². The highest BCUT2D eigenvalue weighted by atomic mass is 32.1. The number of thiophene rings is 1. The van der Waals surface area contributed by atoms with E-state index in [9.17, 15) is 9.59 Å². The third-order valence-electron chi connectivity index (χ3n) is 4.57. The fraction of sp³-hybridized carbons (Fsp3) is 0.200. The van der Waals surface area contributed by atoms with Crippen LogP contribution in [0.3, 0.4) is 0 Å². The minimum atomic E-state index is -0.261. The van der Waals surface area contributed by atoms with Gasteiger partial charge in [0, 0.05) is 4.88 Å². The van der Waals surface area contributed by atoms with Gasteiger partial charge in [-0.1, -0.05) is 30.3 Å². The van der Waals surface area contributed by atoms with Crippen molar-refractivity contribution in [1.29, 1.82) is 0 Å². The summed E-state index contributed by atoms with van der Waals surface area (Å²) in [5.74, 6) is -0.261. The number of aryl methyl sites for hydroxylation is 3. The number of carbonyl (C=O) groups is 1. The van der Waals surface area contributed by atoms with E-state index in [0.29, 0.717) is 32.3 Å². The van der Waals surface area contributed by atoms with Crippen molar-refractivity contribution < 1.29 is 4.79 Å². The molecule has 1 amide bonds. The van der Waals surface area contributed by atoms with Crippen LogP contribution in [-0.2, 0) is 6.54 Å². The number of thiazole rings is 1. The van der Waals surface area contributed by atoms with Gasteiger partial charge in [-0.25, -0.2) is 9.97 Å². The van der Waals surface area contributed by atoms with Crippen LogP contribution in [0.25, 0.3) is 10.2 Å². The van der Waals surface area contributed by atoms with Crippen LogP contribution >= 0.6 is 22.7 Å². The quantitative estimate of drug-likeness (QED) is 0.549. The number of nitrogens with one attached hydrogen (secondary N) is 1. The lowest BCUT2D eigenvalue weighted by Gasteiger charge is -2.05. The number of benzene rings is 1. The molecule has 0 radical (unpaired) electrons. The van der Waals surface area contributed by atoms with Crippen LogP contribution in [0.1, 0.15) is 31.4 Å². The van der Waals surface area contributed by atoms with Crippen LogP contribution in [0.2, 0.25) is 0 Å². The van der Waals surface area contributed by atoms with Crippen molar-refractivity contribution in [3.8, 4) is 0 Å². The van der Waals surface area contributed by atoms with Crippen molar-refractivity contribution in [2.45, 2.75) is 27.3 Å². The molecule has 1 N–H and O–H groups in total. The summed E-state index contributed by atoms with van der Waals surface area (Å²) in [6, 6.07) is 9.74. The van der Waals surface area contributed by atoms with E-state index in [1.165, 1.54) is 22.7 Å². The van der Waals surface area contributed by atoms with E-state index in [4.69, 9.17) is 0 Å². The lowest BCUT2D eigenvalue weighted by Crippen LogP contribution is -2.21. The molecule has 0 spiro atoms. The van der Waals surface area contributed by atoms with Crippen molar-refractivity contribution >= 4 is 43.9 Å². The van der Waals surface area contributed by atoms with E-state index in [0.717, 1.165) is 16.1 Å². The normalized spacial score (nSPS) is 11.1. The van der Waals surface area contributed by atoms with E-state index in [1.807, 2.05) is 44.2 Å². The first-order valence-corrected chi connectivity index (χ1v) is 10.3. The predicted octanol–water partition coefficient (Wildman–Crippen LogP) is 4.14. The lowest BCUT2D eigenvalue weighted by molar-refractivity contribution is 0.103. The Bertz CT molecular complexity index is 1220. The summed E-state index contributed by atoms with van der Waals surface area (Å²) in [7, 11) is 0. The van der Waals surface area contributed by atoms with Crippen LogP contribution in [0.15, 0.2) is 41.5 Å². The second-order valence-electron chi connectivity index (χ2n) is 6.51. The molecule has 8 heteroatoms. The lowest BCUT2D eigenvalue weighted by atomic mass is 10.2. The van der Waals surface area contributed by atoms with Crippen molar-refractivity contribution in [3.63, 3.8) is 0 Å². The van der Waals surface area contributed by atoms with E-state index < -0.39 is 0 Å². The molecule has 0 atom stereocenters. The van der Waals surface area contributed by atoms with Gasteiger partial charge in [-0.15, -0.1) is 22.7 Å². The Labute approximate surface area is 169 Å². The minimum Gasteiger partial charge on any atom is -0.297 e. The summed E-state index contributed by atoms with van der Waals surface area (Å²) in [6.45, 7) is 6.11. The first-order chi connectivity index (χ1) is 13.4. The first kappa shape index (κ1) is 18.5. The zero-order valence-corrected chi connectivity index (χ0v) is 17.3. The fourth-order valence-electron chi connectivity index (χ4n) is 2.95. The fourth-order valence-corrected chi connectivity index (χ4v) is 4.79. The van der Waals surface area contributed by atoms with Gasteiger partial charge in [-0.2, -0.15) is 0 Å². The molecule has 0 saturated carbocycles. The highest BCUT2D eigenvalue weighted by molar-refractivity contribution is 7.21. The topological polar surface area (TPSA) is 76.9 Å². The van der Waals surface area contributed by atoms with Crippen molar-refractivity contribution in [3.05, 3.63) is 73.6 Å². The highest BCUT2D eigenvalue weighted by Gasteiger charge is 2.20. The summed E-state index contributed by atoms with van der Waals surface area (Å²) in [6.07, 6.45) is 1.54. The van der Waals surface area contributed by atoms with Crippen LogP contribution in [0.5, 0.6) is 0 Å². The van der Waals surface area contributed by atoms with Gasteiger partial charge in [0.05, 0.1) is 28.8 Å². The van der Waals surface area contributed by atoms with E-state index >= 15 is 0 Å². The van der Waals surface area contributed by atoms with Crippen LogP contribution in [0.4, 0.5) is 5.13 Å². The zero-order valence-electron chi connectivity index (χ0n) is 15.6. The molecular formula is C20H18N4O2S2. The molecule has 28 heavy (non-hydrogen) atoms. The number of fused-ring (bicyclic) bond motifs is 1. The van der Waals surface area contributed by atoms with Crippen molar-refractivity contribution in [2.75, 3.05) is 5.32 Å². The average Bonchev–Trinajstić information content (AvgIpc) is 3.17. The molecule has 0 saturated heterocycles. The second-order valence-corrected chi connectivity index (χ2v) is 8.72. The first-order valence-electron chi connectivity index (χ1n) is 8.72. The van der Waals surface area contributed by atoms with Crippen LogP contribution in [0, 0.1) is 20.8 Å². The van der Waals surface area contributed by atoms with Crippen LogP contribution in [-0.4, -0.2) is 20.4 Å². The van der Waals surface area contributed by atoms with Gasteiger partial charge in [0.25, 0.3) is 11.5 Å². The van der Waals surface area contributed by atoms with Gasteiger partial charge in [-0.3, -0.25) is 19.5 Å². The Morgan fingerprint density at radius 3 is 2.57 bits per heavy atom. The Hall–Kier alpha value is -2.84. The standard InChI is InChI=1S/C20H18N4O2S2/c1-11-15-18(21-10-24(19(15)26)9-14-7-5-4-6-8-14)28-16(11)17(25)23-20-22-12(2)13(3)27-20/h4-8,10H,9H2,1-3H3,(H,22,23,25). The van der Waals surface area contributed by atoms with Crippen LogP contribution < -0.4 is 10.9 Å². The Balaban J connectivity index is 1.69. The number of hydrogen-bond donors (Lipinski definition) is 1. The highest BCUT2D eigenvalue weighted by Crippen LogP contribution is 2.29. The smallest absolute Gasteiger partial charge is 0.267 e. The van der Waals surface area contributed by atoms with Gasteiger partial charge < -0.3 is 0 Å². The number of amides is 1. The van der Waals surface area contributed by atoms with Crippen molar-refractivity contribution in [1.82, 2.24) is 14.5 Å². The zero-order chi connectivity index (χ0) is 19.8. The van der Waals surface area contributed by atoms with Crippen molar-refractivity contribution in [2.24, 2.45) is 0 Å². The number of rotatable bonds is 4. The largest absolute Gasteiger partial charge is 0.297 e. The molecule has 6 nitrogen and oxygen atoms in total. The molecule has 0 aliphatic rings. The second kappa shape index (κ2) is 7.29. The Morgan fingerprint density at radius 2 is 1.89 bits per heavy atom. The minimum absolute atomic E-state index is 0.136. The maximum atomic E-state index is 13.0. The average molecular weight is 411 g/mol. The maximum absolute atomic E-state index is 13.0. The molecule has 3 heterocycles. The predicted molar refractivity (Wildman–Crippen MR) is 114 cm³/mol. The third-order valence-corrected chi connectivity index (χ3v) is 6.76. The molecule has 4 rings (SSSR count). The number of nitrogens with zero attached hydrogens (tertiary/aromatic N) is 3. The number of carbonyl (C=O) groups excluding carboxylic acids is 1. The van der Waals surface area contributed by atoms with Gasteiger partial charge >= 0.3 is 0 Å². The third kappa shape index (κ3) is 3.36. The number of aromatic nitrogens is 3. The monoisotopic (exact) mass is 410 g/mol. The Kier molecular flexibility index (Phi) is 4.82. The summed E-state index contributed by atoms with van der Waals surface area (Å²) in [5.41, 5.74) is 2.44. The molecule has 0 unspecified atom stereocenters. The molecule has 3 aromatic heterocycles.